The van der Waals surface area contributed by atoms with E-state index < -0.39 is 0 Å². The van der Waals surface area contributed by atoms with Crippen molar-refractivity contribution in [3.63, 3.8) is 0 Å². The van der Waals surface area contributed by atoms with Gasteiger partial charge >= 0.3 is 0 Å². The van der Waals surface area contributed by atoms with E-state index in [0.717, 1.165) is 84.8 Å². The lowest BCUT2D eigenvalue weighted by Gasteiger charge is -2.26. The molecule has 0 spiro atoms. The lowest BCUT2D eigenvalue weighted by Crippen LogP contribution is -2.10. The van der Waals surface area contributed by atoms with Gasteiger partial charge in [0, 0.05) is 50.9 Å². The zero-order valence-corrected chi connectivity index (χ0v) is 37.1. The lowest BCUT2D eigenvalue weighted by molar-refractivity contribution is 1.07. The van der Waals surface area contributed by atoms with Gasteiger partial charge in [-0.15, -0.1) is 10.2 Å². The van der Waals surface area contributed by atoms with Gasteiger partial charge < -0.3 is 9.80 Å². The summed E-state index contributed by atoms with van der Waals surface area (Å²) >= 11 is 0. The molecule has 65 heavy (non-hydrogen) atoms. The van der Waals surface area contributed by atoms with Crippen LogP contribution in [-0.4, -0.2) is 14.8 Å². The molecule has 0 saturated heterocycles. The maximum absolute atomic E-state index is 4.93. The first-order valence-corrected chi connectivity index (χ1v) is 22.1. The maximum Gasteiger partial charge on any atom is 0.168 e. The molecule has 0 amide bonds. The third-order valence-electron chi connectivity index (χ3n) is 12.0. The van der Waals surface area contributed by atoms with Crippen molar-refractivity contribution in [3.05, 3.63) is 247 Å². The smallest absolute Gasteiger partial charge is 0.168 e. The van der Waals surface area contributed by atoms with Gasteiger partial charge in [-0.3, -0.25) is 4.57 Å². The number of aryl methyl sites for hydroxylation is 4. The van der Waals surface area contributed by atoms with Crippen LogP contribution in [0.3, 0.4) is 0 Å². The molecule has 1 heterocycles. The zero-order chi connectivity index (χ0) is 44.3. The molecule has 0 bridgehead atoms. The Hall–Kier alpha value is -8.28. The van der Waals surface area contributed by atoms with Gasteiger partial charge in [0.25, 0.3) is 0 Å². The summed E-state index contributed by atoms with van der Waals surface area (Å²) in [5, 5.41) is 9.86. The number of hydrogen-bond acceptors (Lipinski definition) is 4. The topological polar surface area (TPSA) is 37.2 Å². The summed E-state index contributed by atoms with van der Waals surface area (Å²) in [6.07, 6.45) is 0. The average molecular weight is 840 g/mol. The maximum atomic E-state index is 4.93. The molecule has 0 aliphatic rings. The number of benzene rings is 9. The Bertz CT molecular complexity index is 2930. The summed E-state index contributed by atoms with van der Waals surface area (Å²) in [6.45, 7) is 8.50. The first-order chi connectivity index (χ1) is 31.8. The minimum Gasteiger partial charge on any atom is -0.310 e. The summed E-state index contributed by atoms with van der Waals surface area (Å²) < 4.78 is 2.18. The molecule has 9 aromatic carbocycles. The molecule has 0 fully saturated rings. The Morgan fingerprint density at radius 1 is 0.277 bits per heavy atom. The Morgan fingerprint density at radius 2 is 0.585 bits per heavy atom. The van der Waals surface area contributed by atoms with E-state index >= 15 is 0 Å². The van der Waals surface area contributed by atoms with Crippen molar-refractivity contribution in [2.75, 3.05) is 9.80 Å². The highest BCUT2D eigenvalue weighted by atomic mass is 15.3. The Balaban J connectivity index is 1.02. The third kappa shape index (κ3) is 8.60. The van der Waals surface area contributed by atoms with E-state index in [4.69, 9.17) is 10.2 Å². The third-order valence-corrected chi connectivity index (χ3v) is 12.0. The van der Waals surface area contributed by atoms with Crippen molar-refractivity contribution in [1.29, 1.82) is 0 Å². The van der Waals surface area contributed by atoms with Crippen LogP contribution in [-0.2, 0) is 0 Å². The minimum atomic E-state index is 0.768. The quantitative estimate of drug-likeness (QED) is 0.130. The van der Waals surface area contributed by atoms with Crippen molar-refractivity contribution < 1.29 is 0 Å². The highest BCUT2D eigenvalue weighted by molar-refractivity contribution is 5.83. The second-order valence-corrected chi connectivity index (χ2v) is 16.8. The molecule has 0 saturated carbocycles. The van der Waals surface area contributed by atoms with E-state index in [-0.39, 0.29) is 0 Å². The number of nitrogens with zero attached hydrogens (tertiary/aromatic N) is 5. The molecule has 10 aromatic rings. The van der Waals surface area contributed by atoms with Crippen LogP contribution < -0.4 is 9.80 Å². The summed E-state index contributed by atoms with van der Waals surface area (Å²) in [4.78, 5) is 4.64. The molecule has 0 unspecified atom stereocenters. The summed E-state index contributed by atoms with van der Waals surface area (Å²) in [7, 11) is 0. The van der Waals surface area contributed by atoms with Gasteiger partial charge in [0.05, 0.1) is 0 Å². The van der Waals surface area contributed by atoms with Gasteiger partial charge in [-0.05, 0) is 147 Å². The molecule has 5 heteroatoms. The fourth-order valence-corrected chi connectivity index (χ4v) is 8.47. The van der Waals surface area contributed by atoms with Crippen molar-refractivity contribution in [2.24, 2.45) is 0 Å². The Labute approximate surface area is 382 Å². The second kappa shape index (κ2) is 17.8. The predicted molar refractivity (Wildman–Crippen MR) is 271 cm³/mol. The minimum absolute atomic E-state index is 0.768. The number of hydrogen-bond donors (Lipinski definition) is 0. The van der Waals surface area contributed by atoms with E-state index in [9.17, 15) is 0 Å². The number of para-hydroxylation sites is 1. The average Bonchev–Trinajstić information content (AvgIpc) is 3.80. The van der Waals surface area contributed by atoms with Crippen LogP contribution in [0.4, 0.5) is 34.1 Å². The first-order valence-electron chi connectivity index (χ1n) is 22.1. The fourth-order valence-electron chi connectivity index (χ4n) is 8.47. The molecule has 0 aliphatic carbocycles. The van der Waals surface area contributed by atoms with E-state index in [0.29, 0.717) is 0 Å². The van der Waals surface area contributed by atoms with Gasteiger partial charge in [0.1, 0.15) is 0 Å². The van der Waals surface area contributed by atoms with Crippen molar-refractivity contribution in [1.82, 2.24) is 14.8 Å². The summed E-state index contributed by atoms with van der Waals surface area (Å²) in [5.74, 6) is 1.54. The monoisotopic (exact) mass is 839 g/mol. The highest BCUT2D eigenvalue weighted by Gasteiger charge is 2.20. The van der Waals surface area contributed by atoms with Crippen LogP contribution in [0.25, 0.3) is 50.7 Å². The zero-order valence-electron chi connectivity index (χ0n) is 37.1. The molecular weight excluding hydrogens is 791 g/mol. The van der Waals surface area contributed by atoms with Crippen LogP contribution >= 0.6 is 0 Å². The van der Waals surface area contributed by atoms with Crippen LogP contribution in [0.5, 0.6) is 0 Å². The predicted octanol–water partition coefficient (Wildman–Crippen LogP) is 16.1. The number of anilines is 6. The first kappa shape index (κ1) is 40.8. The lowest BCUT2D eigenvalue weighted by atomic mass is 10.0. The van der Waals surface area contributed by atoms with E-state index in [1.807, 2.05) is 6.07 Å². The molecule has 10 rings (SSSR count). The Kier molecular flexibility index (Phi) is 11.2. The molecule has 0 N–H and O–H groups in total. The van der Waals surface area contributed by atoms with Gasteiger partial charge in [-0.2, -0.15) is 0 Å². The van der Waals surface area contributed by atoms with Crippen molar-refractivity contribution in [3.8, 4) is 50.7 Å². The highest BCUT2D eigenvalue weighted by Crippen LogP contribution is 2.40. The molecule has 0 aliphatic heterocycles. The molecule has 314 valence electrons. The van der Waals surface area contributed by atoms with Crippen molar-refractivity contribution >= 4 is 34.1 Å². The second-order valence-electron chi connectivity index (χ2n) is 16.8. The normalized spacial score (nSPS) is 11.1. The largest absolute Gasteiger partial charge is 0.310 e. The van der Waals surface area contributed by atoms with E-state index in [1.165, 1.54) is 22.3 Å². The molecule has 1 aromatic heterocycles. The molecule has 5 nitrogen and oxygen atoms in total. The van der Waals surface area contributed by atoms with E-state index in [1.54, 1.807) is 0 Å². The Morgan fingerprint density at radius 3 is 0.938 bits per heavy atom. The molecule has 0 atom stereocenters. The van der Waals surface area contributed by atoms with Crippen molar-refractivity contribution in [2.45, 2.75) is 27.7 Å². The molecule has 0 radical (unpaired) electrons. The number of aromatic nitrogens is 3. The van der Waals surface area contributed by atoms with Gasteiger partial charge in [0.2, 0.25) is 0 Å². The van der Waals surface area contributed by atoms with Crippen LogP contribution in [0.1, 0.15) is 22.3 Å². The number of rotatable bonds is 11. The van der Waals surface area contributed by atoms with Gasteiger partial charge in [-0.1, -0.05) is 150 Å². The van der Waals surface area contributed by atoms with Crippen LogP contribution in [0.15, 0.2) is 224 Å². The van der Waals surface area contributed by atoms with E-state index in [2.05, 4.69) is 260 Å². The SMILES string of the molecule is Cc1ccc(N(c2ccc(C)cc2)c2cccc(-c3cccc(-c4nnc(-c5cccc(-c6cccc(N(c7ccc(C)cc7)c7ccc(C)cc7)c6)c5)n4-c4ccccc4)c3)c2)cc1. The summed E-state index contributed by atoms with van der Waals surface area (Å²) in [6, 6.07) is 80.1. The standard InChI is InChI=1S/C60H49N5/c1-42-22-30-53(31-23-42)63(54-32-24-43(2)25-33-54)57-20-10-14-48(40-57)46-12-8-16-50(38-46)59-61-62-60(65(59)52-18-6-5-7-19-52)51-17-9-13-47(39-51)49-15-11-21-58(41-49)64(55-34-26-44(3)27-35-55)56-36-28-45(4)29-37-56/h5-41H,1-4H3. The molecular formula is C60H49N5. The van der Waals surface area contributed by atoms with Gasteiger partial charge in [0.15, 0.2) is 11.6 Å². The fraction of sp³-hybridized carbons (Fsp3) is 0.0667. The van der Waals surface area contributed by atoms with Crippen LogP contribution in [0, 0.1) is 27.7 Å². The summed E-state index contributed by atoms with van der Waals surface area (Å²) in [5.41, 5.74) is 18.8. The van der Waals surface area contributed by atoms with Gasteiger partial charge in [-0.25, -0.2) is 0 Å². The van der Waals surface area contributed by atoms with Crippen LogP contribution in [0.2, 0.25) is 0 Å².